The Morgan fingerprint density at radius 3 is 2.50 bits per heavy atom. The summed E-state index contributed by atoms with van der Waals surface area (Å²) in [6.07, 6.45) is 2.16. The zero-order valence-corrected chi connectivity index (χ0v) is 16.6. The summed E-state index contributed by atoms with van der Waals surface area (Å²) in [5, 5.41) is 2.86. The molecule has 2 aromatic rings. The highest BCUT2D eigenvalue weighted by Crippen LogP contribution is 2.15. The van der Waals surface area contributed by atoms with E-state index in [2.05, 4.69) is 10.3 Å². The van der Waals surface area contributed by atoms with E-state index in [4.69, 9.17) is 5.73 Å². The number of fused-ring (bicyclic) bond motifs is 1. The van der Waals surface area contributed by atoms with Gasteiger partial charge in [-0.3, -0.25) is 14.2 Å². The molecule has 2 aromatic heterocycles. The predicted molar refractivity (Wildman–Crippen MR) is 103 cm³/mol. The van der Waals surface area contributed by atoms with Crippen LogP contribution in [0.4, 0.5) is 0 Å². The van der Waals surface area contributed by atoms with E-state index >= 15 is 0 Å². The molecule has 1 unspecified atom stereocenters. The molecule has 0 radical (unpaired) electrons. The highest BCUT2D eigenvalue weighted by Gasteiger charge is 2.26. The van der Waals surface area contributed by atoms with Crippen molar-refractivity contribution in [2.24, 2.45) is 25.7 Å². The molecule has 2 heterocycles. The minimum atomic E-state index is -0.587. The molecule has 0 saturated heterocycles. The van der Waals surface area contributed by atoms with Gasteiger partial charge in [0.1, 0.15) is 6.54 Å². The first-order chi connectivity index (χ1) is 11.6. The fraction of sp³-hybridized carbons (Fsp3) is 0.625. The number of carbonyl (C=O) groups is 1. The highest BCUT2D eigenvalue weighted by molar-refractivity contribution is 5.85. The van der Waals surface area contributed by atoms with Crippen LogP contribution in [-0.4, -0.2) is 36.7 Å². The number of halogens is 1. The number of hydrogen-bond acceptors (Lipinski definition) is 5. The maximum atomic E-state index is 12.6. The Kier molecular flexibility index (Phi) is 6.78. The van der Waals surface area contributed by atoms with Crippen LogP contribution in [0.1, 0.15) is 27.2 Å². The van der Waals surface area contributed by atoms with E-state index in [0.29, 0.717) is 18.0 Å². The minimum absolute atomic E-state index is 0. The summed E-state index contributed by atoms with van der Waals surface area (Å²) in [5.41, 5.74) is 4.67. The molecule has 0 aliphatic heterocycles. The summed E-state index contributed by atoms with van der Waals surface area (Å²) >= 11 is 0. The van der Waals surface area contributed by atoms with Gasteiger partial charge in [0.15, 0.2) is 11.2 Å². The van der Waals surface area contributed by atoms with Gasteiger partial charge in [0.2, 0.25) is 5.91 Å². The Bertz CT molecular complexity index is 913. The van der Waals surface area contributed by atoms with Crippen molar-refractivity contribution in [1.82, 2.24) is 24.0 Å². The highest BCUT2D eigenvalue weighted by atomic mass is 35.5. The van der Waals surface area contributed by atoms with Crippen molar-refractivity contribution in [1.29, 1.82) is 0 Å². The summed E-state index contributed by atoms with van der Waals surface area (Å²) in [7, 11) is 3.19. The van der Waals surface area contributed by atoms with E-state index in [1.807, 2.05) is 20.8 Å². The molecule has 0 saturated carbocycles. The molecule has 3 N–H and O–H groups in total. The molecule has 1 atom stereocenters. The molecule has 9 nitrogen and oxygen atoms in total. The van der Waals surface area contributed by atoms with Gasteiger partial charge in [0, 0.05) is 26.2 Å². The quantitative estimate of drug-likeness (QED) is 0.709. The topological polar surface area (TPSA) is 117 Å². The first-order valence-corrected chi connectivity index (χ1v) is 8.21. The lowest BCUT2D eigenvalue weighted by molar-refractivity contribution is -0.123. The molecule has 0 fully saturated rings. The van der Waals surface area contributed by atoms with Gasteiger partial charge in [0.05, 0.1) is 6.33 Å². The van der Waals surface area contributed by atoms with Gasteiger partial charge in [-0.2, -0.15) is 0 Å². The number of carbonyl (C=O) groups excluding carboxylic acids is 1. The van der Waals surface area contributed by atoms with Crippen LogP contribution >= 0.6 is 12.4 Å². The zero-order chi connectivity index (χ0) is 18.9. The SMILES string of the molecule is CC(C)CC(C)(CN)NC(=O)Cn1c(=O)c2c(ncn2C)n(C)c1=O.Cl. The maximum Gasteiger partial charge on any atom is 0.332 e. The second kappa shape index (κ2) is 8.05. The molecule has 0 aromatic carbocycles. The van der Waals surface area contributed by atoms with E-state index in [9.17, 15) is 14.4 Å². The van der Waals surface area contributed by atoms with Gasteiger partial charge in [-0.1, -0.05) is 13.8 Å². The Morgan fingerprint density at radius 1 is 1.35 bits per heavy atom. The van der Waals surface area contributed by atoms with E-state index in [1.54, 1.807) is 7.05 Å². The number of nitrogens with zero attached hydrogens (tertiary/aromatic N) is 4. The summed E-state index contributed by atoms with van der Waals surface area (Å²) in [6, 6.07) is 0. The molecule has 0 bridgehead atoms. The van der Waals surface area contributed by atoms with E-state index in [-0.39, 0.29) is 31.0 Å². The number of aromatic nitrogens is 4. The van der Waals surface area contributed by atoms with Gasteiger partial charge in [-0.25, -0.2) is 14.3 Å². The average Bonchev–Trinajstić information content (AvgIpc) is 2.90. The second-order valence-corrected chi connectivity index (χ2v) is 7.17. The molecule has 146 valence electrons. The monoisotopic (exact) mass is 386 g/mol. The summed E-state index contributed by atoms with van der Waals surface area (Å²) in [5.74, 6) is -0.0791. The third-order valence-electron chi connectivity index (χ3n) is 4.25. The number of amides is 1. The molecule has 26 heavy (non-hydrogen) atoms. The third kappa shape index (κ3) is 4.16. The number of hydrogen-bond donors (Lipinski definition) is 2. The number of nitrogens with two attached hydrogens (primary N) is 1. The maximum absolute atomic E-state index is 12.6. The van der Waals surface area contributed by atoms with Crippen molar-refractivity contribution in [3.8, 4) is 0 Å². The smallest absolute Gasteiger partial charge is 0.332 e. The van der Waals surface area contributed by atoms with Crippen molar-refractivity contribution >= 4 is 29.5 Å². The van der Waals surface area contributed by atoms with Crippen molar-refractivity contribution in [3.05, 3.63) is 27.2 Å². The van der Waals surface area contributed by atoms with Crippen LogP contribution < -0.4 is 22.3 Å². The van der Waals surface area contributed by atoms with Crippen LogP contribution in [0.3, 0.4) is 0 Å². The molecule has 1 amide bonds. The first-order valence-electron chi connectivity index (χ1n) is 8.21. The van der Waals surface area contributed by atoms with Crippen LogP contribution in [0.15, 0.2) is 15.9 Å². The molecule has 0 aliphatic rings. The van der Waals surface area contributed by atoms with Gasteiger partial charge in [0.25, 0.3) is 5.56 Å². The lowest BCUT2D eigenvalue weighted by Gasteiger charge is -2.31. The zero-order valence-electron chi connectivity index (χ0n) is 15.8. The van der Waals surface area contributed by atoms with Crippen molar-refractivity contribution in [2.45, 2.75) is 39.3 Å². The molecular formula is C16H27ClN6O3. The lowest BCUT2D eigenvalue weighted by atomic mass is 9.91. The van der Waals surface area contributed by atoms with Gasteiger partial charge >= 0.3 is 5.69 Å². The summed E-state index contributed by atoms with van der Waals surface area (Å²) in [4.78, 5) is 41.6. The van der Waals surface area contributed by atoms with Gasteiger partial charge in [-0.05, 0) is 19.3 Å². The van der Waals surface area contributed by atoms with Crippen LogP contribution in [0.5, 0.6) is 0 Å². The molecule has 0 spiro atoms. The number of nitrogens with one attached hydrogen (secondary N) is 1. The van der Waals surface area contributed by atoms with Crippen molar-refractivity contribution in [2.75, 3.05) is 6.54 Å². The lowest BCUT2D eigenvalue weighted by Crippen LogP contribution is -2.54. The van der Waals surface area contributed by atoms with Crippen LogP contribution in [0, 0.1) is 5.92 Å². The fourth-order valence-corrected chi connectivity index (χ4v) is 3.14. The van der Waals surface area contributed by atoms with Crippen molar-refractivity contribution in [3.63, 3.8) is 0 Å². The predicted octanol–water partition coefficient (Wildman–Crippen LogP) is -0.265. The van der Waals surface area contributed by atoms with E-state index in [1.165, 1.54) is 22.5 Å². The minimum Gasteiger partial charge on any atom is -0.348 e. The van der Waals surface area contributed by atoms with Crippen molar-refractivity contribution < 1.29 is 4.79 Å². The van der Waals surface area contributed by atoms with Crippen LogP contribution in [0.2, 0.25) is 0 Å². The Balaban J connectivity index is 0.00000338. The molecular weight excluding hydrogens is 360 g/mol. The normalized spacial score (nSPS) is 13.5. The van der Waals surface area contributed by atoms with E-state index in [0.717, 1.165) is 4.57 Å². The Morgan fingerprint density at radius 2 is 1.96 bits per heavy atom. The Labute approximate surface area is 157 Å². The molecule has 10 heteroatoms. The standard InChI is InChI=1S/C16H26N6O3.ClH/c1-10(2)6-16(3,8-17)19-11(23)7-22-14(24)12-13(18-9-20(12)4)21(5)15(22)25;/h9-10H,6-8,17H2,1-5H3,(H,19,23);1H. The summed E-state index contributed by atoms with van der Waals surface area (Å²) in [6.45, 7) is 5.84. The summed E-state index contributed by atoms with van der Waals surface area (Å²) < 4.78 is 3.72. The first kappa shape index (κ1) is 21.9. The Hall–Kier alpha value is -2.13. The average molecular weight is 387 g/mol. The van der Waals surface area contributed by atoms with Crippen LogP contribution in [-0.2, 0) is 25.4 Å². The van der Waals surface area contributed by atoms with Crippen LogP contribution in [0.25, 0.3) is 11.2 Å². The number of rotatable bonds is 6. The largest absolute Gasteiger partial charge is 0.348 e. The molecule has 0 aliphatic carbocycles. The van der Waals surface area contributed by atoms with Gasteiger partial charge < -0.3 is 15.6 Å². The number of aryl methyl sites for hydroxylation is 2. The molecule has 2 rings (SSSR count). The fourth-order valence-electron chi connectivity index (χ4n) is 3.14. The second-order valence-electron chi connectivity index (χ2n) is 7.17. The van der Waals surface area contributed by atoms with E-state index < -0.39 is 22.7 Å². The number of imidazole rings is 1. The third-order valence-corrected chi connectivity index (χ3v) is 4.25. The van der Waals surface area contributed by atoms with Gasteiger partial charge in [-0.15, -0.1) is 12.4 Å².